The molecular weight excluding hydrogens is 298 g/mol. The first-order valence-electron chi connectivity index (χ1n) is 8.45. The van der Waals surface area contributed by atoms with Crippen molar-refractivity contribution < 1.29 is 9.53 Å². The first kappa shape index (κ1) is 15.2. The highest BCUT2D eigenvalue weighted by molar-refractivity contribution is 5.87. The van der Waals surface area contributed by atoms with Gasteiger partial charge >= 0.3 is 0 Å². The molecule has 1 atom stereocenters. The van der Waals surface area contributed by atoms with Crippen molar-refractivity contribution in [3.63, 3.8) is 0 Å². The van der Waals surface area contributed by atoms with E-state index in [1.54, 1.807) is 0 Å². The van der Waals surface area contributed by atoms with E-state index in [0.29, 0.717) is 19.6 Å². The Balaban J connectivity index is 1.91. The number of carbonyl (C=O) groups excluding carboxylic acids is 1. The van der Waals surface area contributed by atoms with Gasteiger partial charge in [0.25, 0.3) is 0 Å². The van der Waals surface area contributed by atoms with Crippen molar-refractivity contribution >= 4 is 17.2 Å². The molecule has 2 aromatic carbocycles. The predicted molar refractivity (Wildman–Crippen MR) is 95.3 cm³/mol. The summed E-state index contributed by atoms with van der Waals surface area (Å²) in [4.78, 5) is 11.1. The zero-order chi connectivity index (χ0) is 16.5. The molecule has 4 rings (SSSR count). The highest BCUT2D eigenvalue weighted by atomic mass is 16.5. The Morgan fingerprint density at radius 2 is 2.04 bits per heavy atom. The number of hydrogen-bond acceptors (Lipinski definition) is 2. The van der Waals surface area contributed by atoms with Crippen molar-refractivity contribution in [1.82, 2.24) is 4.57 Å². The van der Waals surface area contributed by atoms with Gasteiger partial charge in [0.05, 0.1) is 13.2 Å². The van der Waals surface area contributed by atoms with E-state index in [1.165, 1.54) is 33.3 Å². The van der Waals surface area contributed by atoms with Crippen LogP contribution in [0, 0.1) is 6.92 Å². The summed E-state index contributed by atoms with van der Waals surface area (Å²) in [5.74, 6) is 0.160. The van der Waals surface area contributed by atoms with Gasteiger partial charge in [-0.15, -0.1) is 0 Å². The number of aldehydes is 1. The third-order valence-corrected chi connectivity index (χ3v) is 4.90. The summed E-state index contributed by atoms with van der Waals surface area (Å²) in [6, 6.07) is 17.1. The topological polar surface area (TPSA) is 31.2 Å². The zero-order valence-electron chi connectivity index (χ0n) is 13.9. The molecule has 122 valence electrons. The minimum atomic E-state index is 0.160. The van der Waals surface area contributed by atoms with E-state index in [1.807, 2.05) is 6.07 Å². The summed E-state index contributed by atoms with van der Waals surface area (Å²) in [6.07, 6.45) is 1.53. The van der Waals surface area contributed by atoms with E-state index < -0.39 is 0 Å². The maximum absolute atomic E-state index is 11.1. The average Bonchev–Trinajstić information content (AvgIpc) is 2.90. The third kappa shape index (κ3) is 2.55. The Labute approximate surface area is 141 Å². The van der Waals surface area contributed by atoms with Crippen molar-refractivity contribution in [2.75, 3.05) is 6.61 Å². The highest BCUT2D eigenvalue weighted by Crippen LogP contribution is 2.38. The molecule has 0 saturated heterocycles. The van der Waals surface area contributed by atoms with Crippen molar-refractivity contribution in [2.24, 2.45) is 0 Å². The Morgan fingerprint density at radius 1 is 1.21 bits per heavy atom. The molecule has 2 heterocycles. The average molecular weight is 319 g/mol. The number of nitrogens with zero attached hydrogens (tertiary/aromatic N) is 1. The molecule has 3 nitrogen and oxygen atoms in total. The van der Waals surface area contributed by atoms with Crippen molar-refractivity contribution in [3.05, 3.63) is 70.9 Å². The number of hydrogen-bond donors (Lipinski definition) is 0. The second-order valence-electron chi connectivity index (χ2n) is 6.57. The summed E-state index contributed by atoms with van der Waals surface area (Å²) >= 11 is 0. The summed E-state index contributed by atoms with van der Waals surface area (Å²) in [7, 11) is 0. The van der Waals surface area contributed by atoms with Gasteiger partial charge in [-0.25, -0.2) is 0 Å². The number of aryl methyl sites for hydroxylation is 1. The molecule has 0 radical (unpaired) electrons. The van der Waals surface area contributed by atoms with Crippen molar-refractivity contribution in [2.45, 2.75) is 32.4 Å². The normalized spacial score (nSPS) is 17.0. The molecule has 0 fully saturated rings. The number of ether oxygens (including phenoxy) is 1. The minimum Gasteiger partial charge on any atom is -0.375 e. The SMILES string of the molecule is Cc1ccc2c(c1)c1c(n2Cc2ccccc2)COC[C@@H]1CC=O. The van der Waals surface area contributed by atoms with Crippen LogP contribution in [0.25, 0.3) is 10.9 Å². The smallest absolute Gasteiger partial charge is 0.120 e. The maximum atomic E-state index is 11.1. The fourth-order valence-electron chi connectivity index (χ4n) is 3.79. The summed E-state index contributed by atoms with van der Waals surface area (Å²) in [6.45, 7) is 4.19. The standard InChI is InChI=1S/C21H21NO2/c1-15-7-8-19-18(11-15)21-17(9-10-23)13-24-14-20(21)22(19)12-16-5-3-2-4-6-16/h2-8,10-11,17H,9,12-14H2,1H3/t17-/m0/s1. The lowest BCUT2D eigenvalue weighted by Gasteiger charge is -2.23. The van der Waals surface area contributed by atoms with Gasteiger partial charge in [-0.05, 0) is 30.2 Å². The maximum Gasteiger partial charge on any atom is 0.120 e. The lowest BCUT2D eigenvalue weighted by atomic mass is 9.92. The van der Waals surface area contributed by atoms with Gasteiger partial charge in [0, 0.05) is 35.5 Å². The Hall–Kier alpha value is -2.39. The van der Waals surface area contributed by atoms with Crippen LogP contribution in [0.15, 0.2) is 48.5 Å². The van der Waals surface area contributed by atoms with Crippen LogP contribution in [0.1, 0.15) is 34.7 Å². The summed E-state index contributed by atoms with van der Waals surface area (Å²) in [5, 5.41) is 1.27. The van der Waals surface area contributed by atoms with Gasteiger partial charge < -0.3 is 14.1 Å². The van der Waals surface area contributed by atoms with Crippen molar-refractivity contribution in [1.29, 1.82) is 0 Å². The summed E-state index contributed by atoms with van der Waals surface area (Å²) < 4.78 is 8.18. The first-order valence-corrected chi connectivity index (χ1v) is 8.45. The van der Waals surface area contributed by atoms with Gasteiger partial charge in [-0.3, -0.25) is 0 Å². The largest absolute Gasteiger partial charge is 0.375 e. The summed E-state index contributed by atoms with van der Waals surface area (Å²) in [5.41, 5.74) is 6.28. The van der Waals surface area contributed by atoms with Crippen molar-refractivity contribution in [3.8, 4) is 0 Å². The molecule has 1 aliphatic rings. The van der Waals surface area contributed by atoms with Gasteiger partial charge in [0.1, 0.15) is 6.29 Å². The monoisotopic (exact) mass is 319 g/mol. The number of fused-ring (bicyclic) bond motifs is 3. The van der Waals surface area contributed by atoms with E-state index in [0.717, 1.165) is 12.8 Å². The van der Waals surface area contributed by atoms with Crippen LogP contribution in [-0.4, -0.2) is 17.5 Å². The van der Waals surface area contributed by atoms with Crippen LogP contribution >= 0.6 is 0 Å². The van der Waals surface area contributed by atoms with Gasteiger partial charge in [-0.1, -0.05) is 42.0 Å². The number of aromatic nitrogens is 1. The lowest BCUT2D eigenvalue weighted by Crippen LogP contribution is -2.19. The van der Waals surface area contributed by atoms with Crippen LogP contribution in [0.4, 0.5) is 0 Å². The van der Waals surface area contributed by atoms with E-state index in [2.05, 4.69) is 54.0 Å². The molecule has 1 aromatic heterocycles. The lowest BCUT2D eigenvalue weighted by molar-refractivity contribution is -0.108. The van der Waals surface area contributed by atoms with Crippen LogP contribution in [0.5, 0.6) is 0 Å². The van der Waals surface area contributed by atoms with Crippen LogP contribution in [-0.2, 0) is 22.7 Å². The number of carbonyl (C=O) groups is 1. The van der Waals surface area contributed by atoms with Gasteiger partial charge in [0.2, 0.25) is 0 Å². The van der Waals surface area contributed by atoms with Crippen LogP contribution in [0.3, 0.4) is 0 Å². The Bertz CT molecular complexity index is 880. The second kappa shape index (κ2) is 6.25. The van der Waals surface area contributed by atoms with E-state index >= 15 is 0 Å². The number of rotatable bonds is 4. The van der Waals surface area contributed by atoms with E-state index in [9.17, 15) is 4.79 Å². The van der Waals surface area contributed by atoms with Crippen LogP contribution < -0.4 is 0 Å². The molecule has 0 unspecified atom stereocenters. The molecule has 0 saturated carbocycles. The molecule has 3 heteroatoms. The first-order chi connectivity index (χ1) is 11.8. The highest BCUT2D eigenvalue weighted by Gasteiger charge is 2.27. The molecule has 0 bridgehead atoms. The second-order valence-corrected chi connectivity index (χ2v) is 6.57. The molecule has 3 aromatic rings. The van der Waals surface area contributed by atoms with Crippen LogP contribution in [0.2, 0.25) is 0 Å². The predicted octanol–water partition coefficient (Wildman–Crippen LogP) is 4.20. The Morgan fingerprint density at radius 3 is 2.83 bits per heavy atom. The zero-order valence-corrected chi connectivity index (χ0v) is 13.9. The quantitative estimate of drug-likeness (QED) is 0.675. The fourth-order valence-corrected chi connectivity index (χ4v) is 3.79. The van der Waals surface area contributed by atoms with Gasteiger partial charge in [-0.2, -0.15) is 0 Å². The van der Waals surface area contributed by atoms with E-state index in [-0.39, 0.29) is 5.92 Å². The Kier molecular flexibility index (Phi) is 3.95. The number of benzene rings is 2. The molecule has 0 N–H and O–H groups in total. The fraction of sp³-hybridized carbons (Fsp3) is 0.286. The molecular formula is C21H21NO2. The van der Waals surface area contributed by atoms with Gasteiger partial charge in [0.15, 0.2) is 0 Å². The minimum absolute atomic E-state index is 0.160. The molecule has 0 amide bonds. The molecule has 1 aliphatic heterocycles. The molecule has 24 heavy (non-hydrogen) atoms. The molecule has 0 spiro atoms. The van der Waals surface area contributed by atoms with E-state index in [4.69, 9.17) is 4.74 Å². The third-order valence-electron chi connectivity index (χ3n) is 4.90. The molecule has 0 aliphatic carbocycles.